The molecule has 3 heteroatoms. The molecule has 0 atom stereocenters. The van der Waals surface area contributed by atoms with Gasteiger partial charge in [0.15, 0.2) is 0 Å². The molecule has 0 spiro atoms. The lowest BCUT2D eigenvalue weighted by atomic mass is 10.1. The van der Waals surface area contributed by atoms with Crippen LogP contribution in [0.2, 0.25) is 5.02 Å². The third kappa shape index (κ3) is 2.16. The van der Waals surface area contributed by atoms with Gasteiger partial charge < -0.3 is 5.73 Å². The molecule has 0 radical (unpaired) electrons. The molecule has 0 unspecified atom stereocenters. The summed E-state index contributed by atoms with van der Waals surface area (Å²) < 4.78 is 0. The molecule has 1 nitrogen and oxygen atoms in total. The van der Waals surface area contributed by atoms with Crippen LogP contribution in [0.15, 0.2) is 23.1 Å². The number of nitrogens with two attached hydrogens (primary N) is 1. The van der Waals surface area contributed by atoms with Crippen molar-refractivity contribution in [2.24, 2.45) is 5.73 Å². The number of hydrogen-bond acceptors (Lipinski definition) is 2. The molecule has 2 N–H and O–H groups in total. The Morgan fingerprint density at radius 3 is 2.83 bits per heavy atom. The predicted molar refractivity (Wildman–Crippen MR) is 56.0 cm³/mol. The SMILES string of the molecule is CSc1cccc(Cl)c1CCN. The molecule has 0 heterocycles. The highest BCUT2D eigenvalue weighted by Crippen LogP contribution is 2.26. The smallest absolute Gasteiger partial charge is 0.0449 e. The fourth-order valence-electron chi connectivity index (χ4n) is 1.12. The van der Waals surface area contributed by atoms with E-state index in [9.17, 15) is 0 Å². The number of rotatable bonds is 3. The highest BCUT2D eigenvalue weighted by Gasteiger charge is 2.03. The third-order valence-electron chi connectivity index (χ3n) is 1.69. The highest BCUT2D eigenvalue weighted by molar-refractivity contribution is 7.98. The Morgan fingerprint density at radius 2 is 2.25 bits per heavy atom. The minimum atomic E-state index is 0.650. The van der Waals surface area contributed by atoms with E-state index in [0.29, 0.717) is 6.54 Å². The molecule has 0 fully saturated rings. The summed E-state index contributed by atoms with van der Waals surface area (Å²) in [6.45, 7) is 0.650. The van der Waals surface area contributed by atoms with Crippen molar-refractivity contribution in [3.63, 3.8) is 0 Å². The van der Waals surface area contributed by atoms with E-state index in [-0.39, 0.29) is 0 Å². The minimum Gasteiger partial charge on any atom is -0.330 e. The van der Waals surface area contributed by atoms with Crippen molar-refractivity contribution in [2.45, 2.75) is 11.3 Å². The number of thioether (sulfide) groups is 1. The maximum atomic E-state index is 6.02. The lowest BCUT2D eigenvalue weighted by Crippen LogP contribution is -2.04. The normalized spacial score (nSPS) is 10.2. The topological polar surface area (TPSA) is 26.0 Å². The van der Waals surface area contributed by atoms with Crippen LogP contribution in [0, 0.1) is 0 Å². The first-order chi connectivity index (χ1) is 5.79. The Morgan fingerprint density at radius 1 is 1.50 bits per heavy atom. The Balaban J connectivity index is 3.02. The number of benzene rings is 1. The quantitative estimate of drug-likeness (QED) is 0.761. The molecule has 0 aliphatic rings. The van der Waals surface area contributed by atoms with Crippen molar-refractivity contribution in [2.75, 3.05) is 12.8 Å². The van der Waals surface area contributed by atoms with Crippen LogP contribution in [0.4, 0.5) is 0 Å². The van der Waals surface area contributed by atoms with Crippen LogP contribution < -0.4 is 5.73 Å². The summed E-state index contributed by atoms with van der Waals surface area (Å²) in [5.41, 5.74) is 6.66. The van der Waals surface area contributed by atoms with Crippen molar-refractivity contribution in [1.29, 1.82) is 0 Å². The molecular formula is C9H12ClNS. The van der Waals surface area contributed by atoms with Gasteiger partial charge in [0.2, 0.25) is 0 Å². The summed E-state index contributed by atoms with van der Waals surface area (Å²) in [5, 5.41) is 0.826. The molecule has 1 aromatic rings. The van der Waals surface area contributed by atoms with Gasteiger partial charge in [-0.25, -0.2) is 0 Å². The average molecular weight is 202 g/mol. The van der Waals surface area contributed by atoms with E-state index in [1.54, 1.807) is 11.8 Å². The van der Waals surface area contributed by atoms with Crippen molar-refractivity contribution in [3.05, 3.63) is 28.8 Å². The summed E-state index contributed by atoms with van der Waals surface area (Å²) in [7, 11) is 0. The maximum absolute atomic E-state index is 6.02. The first-order valence-corrected chi connectivity index (χ1v) is 5.41. The van der Waals surface area contributed by atoms with E-state index < -0.39 is 0 Å². The zero-order valence-corrected chi connectivity index (χ0v) is 8.58. The molecule has 0 saturated carbocycles. The van der Waals surface area contributed by atoms with Gasteiger partial charge >= 0.3 is 0 Å². The number of halogens is 1. The van der Waals surface area contributed by atoms with E-state index in [2.05, 4.69) is 6.07 Å². The zero-order chi connectivity index (χ0) is 8.97. The summed E-state index contributed by atoms with van der Waals surface area (Å²) in [6.07, 6.45) is 2.90. The van der Waals surface area contributed by atoms with Crippen molar-refractivity contribution >= 4 is 23.4 Å². The van der Waals surface area contributed by atoms with Crippen LogP contribution >= 0.6 is 23.4 Å². The van der Waals surface area contributed by atoms with Crippen LogP contribution in [-0.2, 0) is 6.42 Å². The Labute approximate surface area is 82.3 Å². The molecule has 12 heavy (non-hydrogen) atoms. The molecule has 0 aliphatic heterocycles. The predicted octanol–water partition coefficient (Wildman–Crippen LogP) is 2.56. The minimum absolute atomic E-state index is 0.650. The molecule has 0 bridgehead atoms. The fraction of sp³-hybridized carbons (Fsp3) is 0.333. The Hall–Kier alpha value is -0.180. The van der Waals surface area contributed by atoms with Crippen LogP contribution in [-0.4, -0.2) is 12.8 Å². The van der Waals surface area contributed by atoms with Gasteiger partial charge in [0.05, 0.1) is 0 Å². The molecular weight excluding hydrogens is 190 g/mol. The molecule has 0 aliphatic carbocycles. The molecule has 1 aromatic carbocycles. The average Bonchev–Trinajstić information content (AvgIpc) is 2.09. The van der Waals surface area contributed by atoms with E-state index >= 15 is 0 Å². The van der Waals surface area contributed by atoms with Crippen LogP contribution in [0.25, 0.3) is 0 Å². The summed E-state index contributed by atoms with van der Waals surface area (Å²) in [5.74, 6) is 0. The molecule has 1 rings (SSSR count). The van der Waals surface area contributed by atoms with E-state index in [1.807, 2.05) is 18.4 Å². The molecule has 66 valence electrons. The monoisotopic (exact) mass is 201 g/mol. The van der Waals surface area contributed by atoms with Crippen molar-refractivity contribution in [1.82, 2.24) is 0 Å². The third-order valence-corrected chi connectivity index (χ3v) is 2.87. The van der Waals surface area contributed by atoms with Crippen LogP contribution in [0.3, 0.4) is 0 Å². The van der Waals surface area contributed by atoms with Gasteiger partial charge in [-0.1, -0.05) is 17.7 Å². The second-order valence-corrected chi connectivity index (χ2v) is 3.71. The maximum Gasteiger partial charge on any atom is 0.0449 e. The summed E-state index contributed by atoms with van der Waals surface area (Å²) in [4.78, 5) is 1.23. The number of hydrogen-bond donors (Lipinski definition) is 1. The largest absolute Gasteiger partial charge is 0.330 e. The van der Waals surface area contributed by atoms with E-state index in [0.717, 1.165) is 11.4 Å². The highest BCUT2D eigenvalue weighted by atomic mass is 35.5. The summed E-state index contributed by atoms with van der Waals surface area (Å²) in [6, 6.07) is 5.95. The Bertz CT molecular complexity index is 263. The Kier molecular flexibility index (Phi) is 3.92. The first kappa shape index (κ1) is 9.90. The van der Waals surface area contributed by atoms with Crippen LogP contribution in [0.1, 0.15) is 5.56 Å². The fourth-order valence-corrected chi connectivity index (χ4v) is 2.12. The van der Waals surface area contributed by atoms with Crippen LogP contribution in [0.5, 0.6) is 0 Å². The lowest BCUT2D eigenvalue weighted by molar-refractivity contribution is 0.945. The van der Waals surface area contributed by atoms with Crippen molar-refractivity contribution < 1.29 is 0 Å². The molecule has 0 amide bonds. The molecule has 0 aromatic heterocycles. The van der Waals surface area contributed by atoms with Crippen molar-refractivity contribution in [3.8, 4) is 0 Å². The summed E-state index contributed by atoms with van der Waals surface area (Å²) >= 11 is 7.73. The van der Waals surface area contributed by atoms with E-state index in [1.165, 1.54) is 10.5 Å². The van der Waals surface area contributed by atoms with Gasteiger partial charge in [-0.05, 0) is 36.9 Å². The van der Waals surface area contributed by atoms with Gasteiger partial charge in [0, 0.05) is 9.92 Å². The van der Waals surface area contributed by atoms with Gasteiger partial charge in [0.1, 0.15) is 0 Å². The second-order valence-electron chi connectivity index (χ2n) is 2.46. The lowest BCUT2D eigenvalue weighted by Gasteiger charge is -2.07. The van der Waals surface area contributed by atoms with Gasteiger partial charge in [-0.3, -0.25) is 0 Å². The zero-order valence-electron chi connectivity index (χ0n) is 7.01. The van der Waals surface area contributed by atoms with E-state index in [4.69, 9.17) is 17.3 Å². The second kappa shape index (κ2) is 4.75. The first-order valence-electron chi connectivity index (χ1n) is 3.81. The standard InChI is InChI=1S/C9H12ClNS/c1-12-9-4-2-3-8(10)7(9)5-6-11/h2-4H,5-6,11H2,1H3. The molecule has 0 saturated heterocycles. The van der Waals surface area contributed by atoms with Gasteiger partial charge in [0.25, 0.3) is 0 Å². The van der Waals surface area contributed by atoms with Gasteiger partial charge in [-0.2, -0.15) is 0 Å². The van der Waals surface area contributed by atoms with Gasteiger partial charge in [-0.15, -0.1) is 11.8 Å².